The van der Waals surface area contributed by atoms with E-state index in [0.717, 1.165) is 4.47 Å². The molecule has 142 valence electrons. The van der Waals surface area contributed by atoms with Gasteiger partial charge in [0.2, 0.25) is 5.13 Å². The molecule has 0 spiro atoms. The number of nitrogens with zero attached hydrogens (tertiary/aromatic N) is 1. The van der Waals surface area contributed by atoms with E-state index in [1.807, 2.05) is 0 Å². The molecule has 0 saturated carbocycles. The first-order valence-corrected chi connectivity index (χ1v) is 10.9. The Balaban J connectivity index is 1.70. The Morgan fingerprint density at radius 2 is 2.07 bits per heavy atom. The van der Waals surface area contributed by atoms with Crippen molar-refractivity contribution in [1.29, 1.82) is 0 Å². The van der Waals surface area contributed by atoms with Gasteiger partial charge in [0.15, 0.2) is 26.8 Å². The van der Waals surface area contributed by atoms with Gasteiger partial charge < -0.3 is 19.7 Å². The molecule has 10 heteroatoms. The number of methoxy groups -OCH3 is 1. The number of hydrogen-bond donors (Lipinski definition) is 3. The van der Waals surface area contributed by atoms with Gasteiger partial charge in [0.25, 0.3) is 0 Å². The maximum Gasteiger partial charge on any atom is 0.225 e. The van der Waals surface area contributed by atoms with Gasteiger partial charge in [-0.05, 0) is 36.4 Å². The van der Waals surface area contributed by atoms with Crippen LogP contribution in [-0.4, -0.2) is 21.8 Å². The molecule has 0 aliphatic rings. The van der Waals surface area contributed by atoms with Crippen LogP contribution in [0.3, 0.4) is 0 Å². The molecule has 2 aromatic carbocycles. The number of nitrogens with one attached hydrogen (secondary N) is 2. The highest BCUT2D eigenvalue weighted by molar-refractivity contribution is 9.10. The quantitative estimate of drug-likeness (QED) is 0.446. The number of hydrogen-bond acceptors (Lipinski definition) is 7. The molecule has 0 radical (unpaired) electrons. The topological polar surface area (TPSA) is 107 Å². The molecule has 0 aliphatic heterocycles. The van der Waals surface area contributed by atoms with Crippen molar-refractivity contribution < 1.29 is 18.6 Å². The van der Waals surface area contributed by atoms with Gasteiger partial charge in [-0.3, -0.25) is 0 Å². The number of anilines is 2. The molecule has 0 saturated heterocycles. The minimum Gasteiger partial charge on any atom is -0.588 e. The van der Waals surface area contributed by atoms with Crippen molar-refractivity contribution in [2.24, 2.45) is 0 Å². The molecule has 0 aliphatic carbocycles. The van der Waals surface area contributed by atoms with Gasteiger partial charge in [-0.1, -0.05) is 20.1 Å². The fraction of sp³-hybridized carbons (Fsp3) is 0.118. The Labute approximate surface area is 169 Å². The number of thiazole rings is 1. The van der Waals surface area contributed by atoms with Crippen LogP contribution in [0.1, 0.15) is 5.56 Å². The summed E-state index contributed by atoms with van der Waals surface area (Å²) in [6.45, 7) is 0.338. The molecule has 27 heavy (non-hydrogen) atoms. The van der Waals surface area contributed by atoms with Crippen LogP contribution in [0.4, 0.5) is 10.8 Å². The Kier molecular flexibility index (Phi) is 6.00. The summed E-state index contributed by atoms with van der Waals surface area (Å²) in [6, 6.07) is 9.76. The van der Waals surface area contributed by atoms with E-state index < -0.39 is 10.4 Å². The Hall–Kier alpha value is -2.14. The molecule has 1 heterocycles. The molecular weight excluding hydrogens is 454 g/mol. The predicted molar refractivity (Wildman–Crippen MR) is 109 cm³/mol. The van der Waals surface area contributed by atoms with Crippen LogP contribution >= 0.6 is 27.3 Å². The zero-order chi connectivity index (χ0) is 19.4. The lowest BCUT2D eigenvalue weighted by molar-refractivity contribution is 0.370. The van der Waals surface area contributed by atoms with Crippen LogP contribution in [-0.2, 0) is 21.2 Å². The SMILES string of the molecule is COc1cc(Br)cc(CNc2ccc([S+](=O)([O-])Nc3nccs3)cc2)c1O. The van der Waals surface area contributed by atoms with E-state index in [1.165, 1.54) is 36.8 Å². The molecule has 0 fully saturated rings. The zero-order valence-electron chi connectivity index (χ0n) is 14.1. The average Bonchev–Trinajstić information content (AvgIpc) is 3.14. The van der Waals surface area contributed by atoms with E-state index in [-0.39, 0.29) is 10.6 Å². The Morgan fingerprint density at radius 1 is 1.33 bits per heavy atom. The molecule has 7 nitrogen and oxygen atoms in total. The van der Waals surface area contributed by atoms with Gasteiger partial charge >= 0.3 is 0 Å². The lowest BCUT2D eigenvalue weighted by atomic mass is 10.2. The van der Waals surface area contributed by atoms with E-state index in [0.29, 0.717) is 28.7 Å². The number of rotatable bonds is 7. The van der Waals surface area contributed by atoms with Gasteiger partial charge in [-0.15, -0.1) is 11.3 Å². The molecule has 3 N–H and O–H groups in total. The highest BCUT2D eigenvalue weighted by atomic mass is 79.9. The van der Waals surface area contributed by atoms with E-state index in [2.05, 4.69) is 31.0 Å². The first-order valence-electron chi connectivity index (χ1n) is 7.70. The molecule has 1 unspecified atom stereocenters. The van der Waals surface area contributed by atoms with Gasteiger partial charge in [-0.25, -0.2) is 4.98 Å². The number of sulfonamides is 1. The molecule has 0 amide bonds. The van der Waals surface area contributed by atoms with E-state index in [9.17, 15) is 13.9 Å². The van der Waals surface area contributed by atoms with Crippen LogP contribution < -0.4 is 14.8 Å². The smallest absolute Gasteiger partial charge is 0.225 e. The maximum atomic E-state index is 12.3. The Bertz CT molecular complexity index is 965. The van der Waals surface area contributed by atoms with Crippen molar-refractivity contribution in [3.05, 3.63) is 58.0 Å². The number of aromatic hydroxyl groups is 1. The summed E-state index contributed by atoms with van der Waals surface area (Å²) in [7, 11) is -2.20. The second-order valence-corrected chi connectivity index (χ2v) is 8.93. The molecule has 1 aromatic heterocycles. The van der Waals surface area contributed by atoms with Crippen LogP contribution in [0.15, 0.2) is 57.3 Å². The molecule has 0 bridgehead atoms. The first-order chi connectivity index (χ1) is 12.9. The van der Waals surface area contributed by atoms with Gasteiger partial charge in [0.1, 0.15) is 0 Å². The molecule has 1 atom stereocenters. The van der Waals surface area contributed by atoms with Crippen molar-refractivity contribution in [2.45, 2.75) is 11.4 Å². The van der Waals surface area contributed by atoms with Crippen molar-refractivity contribution in [3.8, 4) is 11.5 Å². The fourth-order valence-corrected chi connectivity index (χ4v) is 4.59. The highest BCUT2D eigenvalue weighted by Crippen LogP contribution is 2.34. The summed E-state index contributed by atoms with van der Waals surface area (Å²) in [5.74, 6) is 0.427. The van der Waals surface area contributed by atoms with E-state index in [1.54, 1.807) is 29.6 Å². The molecule has 3 rings (SSSR count). The number of halogens is 1. The van der Waals surface area contributed by atoms with Crippen molar-refractivity contribution in [3.63, 3.8) is 0 Å². The number of phenolic OH excluding ortho intramolecular Hbond substituents is 1. The van der Waals surface area contributed by atoms with Crippen LogP contribution in [0.25, 0.3) is 0 Å². The van der Waals surface area contributed by atoms with Gasteiger partial charge in [-0.2, -0.15) is 4.72 Å². The second-order valence-electron chi connectivity index (χ2n) is 5.44. The second kappa shape index (κ2) is 8.26. The summed E-state index contributed by atoms with van der Waals surface area (Å²) >= 11 is 4.58. The Morgan fingerprint density at radius 3 is 2.70 bits per heavy atom. The van der Waals surface area contributed by atoms with E-state index in [4.69, 9.17) is 4.74 Å². The third kappa shape index (κ3) is 4.78. The summed E-state index contributed by atoms with van der Waals surface area (Å²) in [5.41, 5.74) is 1.35. The summed E-state index contributed by atoms with van der Waals surface area (Å²) in [5, 5.41) is 15.3. The summed E-state index contributed by atoms with van der Waals surface area (Å²) in [4.78, 5) is 4.05. The normalized spacial score (nSPS) is 13.0. The lowest BCUT2D eigenvalue weighted by Crippen LogP contribution is -2.20. The first kappa shape index (κ1) is 19.6. The molecule has 3 aromatic rings. The lowest BCUT2D eigenvalue weighted by Gasteiger charge is -2.15. The summed E-state index contributed by atoms with van der Waals surface area (Å²) in [6.07, 6.45) is 1.53. The number of aromatic nitrogens is 1. The van der Waals surface area contributed by atoms with Gasteiger partial charge in [0, 0.05) is 33.8 Å². The molecular formula is C17H16BrN3O4S2. The number of phenols is 1. The van der Waals surface area contributed by atoms with Gasteiger partial charge in [0.05, 0.1) is 7.11 Å². The predicted octanol–water partition coefficient (Wildman–Crippen LogP) is 4.25. The third-order valence-electron chi connectivity index (χ3n) is 3.64. The van der Waals surface area contributed by atoms with Crippen LogP contribution in [0.2, 0.25) is 0 Å². The van der Waals surface area contributed by atoms with Crippen LogP contribution in [0.5, 0.6) is 11.5 Å². The minimum atomic E-state index is -3.68. The monoisotopic (exact) mass is 469 g/mol. The van der Waals surface area contributed by atoms with Crippen LogP contribution in [0, 0.1) is 0 Å². The van der Waals surface area contributed by atoms with E-state index >= 15 is 0 Å². The number of benzene rings is 2. The fourth-order valence-electron chi connectivity index (χ4n) is 2.32. The largest absolute Gasteiger partial charge is 0.588 e. The third-order valence-corrected chi connectivity index (χ3v) is 6.27. The minimum absolute atomic E-state index is 0.0556. The number of ether oxygens (including phenoxy) is 1. The van der Waals surface area contributed by atoms with Crippen molar-refractivity contribution >= 4 is 48.5 Å². The zero-order valence-corrected chi connectivity index (χ0v) is 17.4. The summed E-state index contributed by atoms with van der Waals surface area (Å²) < 4.78 is 33.0. The van der Waals surface area contributed by atoms with Crippen molar-refractivity contribution in [2.75, 3.05) is 17.1 Å². The average molecular weight is 470 g/mol. The maximum absolute atomic E-state index is 12.3. The van der Waals surface area contributed by atoms with Crippen molar-refractivity contribution in [1.82, 2.24) is 4.98 Å². The standard InChI is InChI=1S/C17H16BrN3O4S2/c1-25-15-9-12(18)8-11(16(15)22)10-20-13-2-4-14(5-3-13)27(23,24)21-17-19-6-7-26-17/h2-9H,10H2,1H3,(H3-,19,20,21,22,23,24). The highest BCUT2D eigenvalue weighted by Gasteiger charge is 2.21.